The van der Waals surface area contributed by atoms with Crippen LogP contribution in [0.1, 0.15) is 22.8 Å². The molecule has 1 aliphatic heterocycles. The maximum absolute atomic E-state index is 14.4. The van der Waals surface area contributed by atoms with Gasteiger partial charge in [0.15, 0.2) is 5.82 Å². The van der Waals surface area contributed by atoms with Gasteiger partial charge in [0.1, 0.15) is 10.6 Å². The highest BCUT2D eigenvalue weighted by Crippen LogP contribution is 2.28. The number of methoxy groups -OCH3 is 1. The first kappa shape index (κ1) is 27.0. The first-order valence-electron chi connectivity index (χ1n) is 11.7. The number of nitrogens with zero attached hydrogens (tertiary/aromatic N) is 3. The Morgan fingerprint density at radius 1 is 1.05 bits per heavy atom. The second-order valence-electron chi connectivity index (χ2n) is 8.64. The molecule has 3 aromatic rings. The van der Waals surface area contributed by atoms with Gasteiger partial charge >= 0.3 is 0 Å². The van der Waals surface area contributed by atoms with Crippen molar-refractivity contribution in [3.05, 3.63) is 94.3 Å². The molecule has 10 heteroatoms. The third-order valence-corrected chi connectivity index (χ3v) is 8.50. The van der Waals surface area contributed by atoms with Gasteiger partial charge in [-0.25, -0.2) is 12.8 Å². The van der Waals surface area contributed by atoms with Crippen LogP contribution in [0.15, 0.2) is 71.6 Å². The number of piperazine rings is 1. The van der Waals surface area contributed by atoms with E-state index in [4.69, 9.17) is 26.3 Å². The smallest absolute Gasteiger partial charge is 0.246 e. The van der Waals surface area contributed by atoms with Gasteiger partial charge in [0, 0.05) is 32.7 Å². The molecule has 1 heterocycles. The summed E-state index contributed by atoms with van der Waals surface area (Å²) in [5.41, 5.74) is 2.45. The molecule has 37 heavy (non-hydrogen) atoms. The van der Waals surface area contributed by atoms with Crippen molar-refractivity contribution in [1.29, 1.82) is 5.26 Å². The van der Waals surface area contributed by atoms with Crippen molar-refractivity contribution in [3.63, 3.8) is 0 Å². The van der Waals surface area contributed by atoms with Crippen LogP contribution in [0, 0.1) is 17.1 Å². The van der Waals surface area contributed by atoms with E-state index in [0.717, 1.165) is 11.1 Å². The van der Waals surface area contributed by atoms with Crippen LogP contribution in [0.25, 0.3) is 0 Å². The number of hydrogen-bond acceptors (Lipinski definition) is 6. The normalized spacial score (nSPS) is 15.7. The lowest BCUT2D eigenvalue weighted by Gasteiger charge is -2.36. The van der Waals surface area contributed by atoms with Crippen LogP contribution in [0.4, 0.5) is 4.39 Å². The summed E-state index contributed by atoms with van der Waals surface area (Å²) in [5.74, 6) is -0.218. The van der Waals surface area contributed by atoms with Crippen molar-refractivity contribution in [3.8, 4) is 11.8 Å². The Hall–Kier alpha value is -3.00. The van der Waals surface area contributed by atoms with Crippen LogP contribution in [0.5, 0.6) is 5.75 Å². The van der Waals surface area contributed by atoms with Crippen LogP contribution in [-0.2, 0) is 21.4 Å². The highest BCUT2D eigenvalue weighted by molar-refractivity contribution is 7.89. The number of halogens is 2. The Labute approximate surface area is 221 Å². The molecule has 0 radical (unpaired) electrons. The monoisotopic (exact) mass is 543 g/mol. The summed E-state index contributed by atoms with van der Waals surface area (Å²) in [6.07, 6.45) is -0.306. The van der Waals surface area contributed by atoms with Crippen molar-refractivity contribution >= 4 is 21.6 Å². The zero-order valence-corrected chi connectivity index (χ0v) is 21.9. The van der Waals surface area contributed by atoms with Crippen molar-refractivity contribution in [2.75, 3.05) is 39.8 Å². The van der Waals surface area contributed by atoms with Crippen molar-refractivity contribution in [2.24, 2.45) is 0 Å². The predicted octanol–water partition coefficient (Wildman–Crippen LogP) is 4.62. The van der Waals surface area contributed by atoms with Gasteiger partial charge in [0.2, 0.25) is 10.0 Å². The van der Waals surface area contributed by atoms with Gasteiger partial charge in [-0.15, -0.1) is 0 Å². The second kappa shape index (κ2) is 12.0. The van der Waals surface area contributed by atoms with Crippen LogP contribution in [0.3, 0.4) is 0 Å². The Balaban J connectivity index is 1.45. The molecule has 0 N–H and O–H groups in total. The van der Waals surface area contributed by atoms with Gasteiger partial charge in [-0.1, -0.05) is 41.9 Å². The summed E-state index contributed by atoms with van der Waals surface area (Å²) in [4.78, 5) is 1.72. The van der Waals surface area contributed by atoms with Gasteiger partial charge in [0.05, 0.1) is 36.5 Å². The largest absolute Gasteiger partial charge is 0.497 e. The van der Waals surface area contributed by atoms with E-state index in [1.54, 1.807) is 19.2 Å². The van der Waals surface area contributed by atoms with E-state index in [-0.39, 0.29) is 24.2 Å². The van der Waals surface area contributed by atoms with Crippen molar-refractivity contribution < 1.29 is 22.3 Å². The van der Waals surface area contributed by atoms with Crippen molar-refractivity contribution in [1.82, 2.24) is 9.21 Å². The molecule has 1 aliphatic rings. The average molecular weight is 544 g/mol. The average Bonchev–Trinajstić information content (AvgIpc) is 2.93. The topological polar surface area (TPSA) is 82.9 Å². The third-order valence-electron chi connectivity index (χ3n) is 6.29. The second-order valence-corrected chi connectivity index (χ2v) is 11.0. The quantitative estimate of drug-likeness (QED) is 0.391. The van der Waals surface area contributed by atoms with Crippen LogP contribution >= 0.6 is 11.6 Å². The summed E-state index contributed by atoms with van der Waals surface area (Å²) in [6.45, 7) is 2.23. The molecule has 1 fully saturated rings. The fourth-order valence-electron chi connectivity index (χ4n) is 4.18. The minimum absolute atomic E-state index is 0.217. The highest BCUT2D eigenvalue weighted by Gasteiger charge is 2.32. The molecule has 1 saturated heterocycles. The van der Waals surface area contributed by atoms with Gasteiger partial charge in [-0.3, -0.25) is 4.90 Å². The minimum Gasteiger partial charge on any atom is -0.497 e. The van der Waals surface area contributed by atoms with E-state index in [9.17, 15) is 12.8 Å². The van der Waals surface area contributed by atoms with Crippen LogP contribution in [0.2, 0.25) is 5.02 Å². The Morgan fingerprint density at radius 3 is 2.43 bits per heavy atom. The predicted molar refractivity (Wildman–Crippen MR) is 138 cm³/mol. The Kier molecular flexibility index (Phi) is 8.79. The zero-order valence-electron chi connectivity index (χ0n) is 20.3. The molecule has 3 aromatic carbocycles. The molecular weight excluding hydrogens is 517 g/mol. The van der Waals surface area contributed by atoms with Crippen molar-refractivity contribution in [2.45, 2.75) is 17.6 Å². The lowest BCUT2D eigenvalue weighted by molar-refractivity contribution is 0.00762. The number of hydrogen-bond donors (Lipinski definition) is 0. The molecule has 0 bridgehead atoms. The number of sulfonamides is 1. The number of benzene rings is 3. The van der Waals surface area contributed by atoms with Crippen LogP contribution < -0.4 is 4.74 Å². The molecule has 4 rings (SSSR count). The zero-order chi connectivity index (χ0) is 26.4. The maximum atomic E-state index is 14.4. The molecule has 1 unspecified atom stereocenters. The fraction of sp³-hybridized carbons (Fsp3) is 0.296. The van der Waals surface area contributed by atoms with Gasteiger partial charge < -0.3 is 9.47 Å². The van der Waals surface area contributed by atoms with E-state index in [0.29, 0.717) is 37.6 Å². The first-order valence-corrected chi connectivity index (χ1v) is 13.5. The molecule has 194 valence electrons. The molecule has 0 amide bonds. The SMILES string of the molecule is COc1cccc(C(CN2CCN(S(=O)(=O)c3cccc(Cl)c3F)CC2)OCc2ccc(C#N)cc2)c1. The summed E-state index contributed by atoms with van der Waals surface area (Å²) < 4.78 is 53.5. The first-order chi connectivity index (χ1) is 17.8. The maximum Gasteiger partial charge on any atom is 0.246 e. The number of rotatable bonds is 9. The molecule has 0 saturated carbocycles. The standard InChI is InChI=1S/C27H27ClFN3O4S/c1-35-23-5-2-4-22(16-23)25(36-19-21-10-8-20(17-30)9-11-21)18-31-12-14-32(15-13-31)37(33,34)26-7-3-6-24(28)27(26)29/h2-11,16,25H,12-15,18-19H2,1H3. The van der Waals surface area contributed by atoms with E-state index in [1.807, 2.05) is 36.4 Å². The fourth-order valence-corrected chi connectivity index (χ4v) is 5.92. The Bertz CT molecular complexity index is 1370. The summed E-state index contributed by atoms with van der Waals surface area (Å²) in [6, 6.07) is 21.0. The Morgan fingerprint density at radius 2 is 1.76 bits per heavy atom. The molecule has 0 aliphatic carbocycles. The lowest BCUT2D eigenvalue weighted by atomic mass is 10.1. The van der Waals surface area contributed by atoms with Gasteiger partial charge in [-0.05, 0) is 47.5 Å². The molecule has 0 aromatic heterocycles. The number of nitriles is 1. The van der Waals surface area contributed by atoms with E-state index in [1.165, 1.54) is 22.5 Å². The van der Waals surface area contributed by atoms with E-state index in [2.05, 4.69) is 11.0 Å². The van der Waals surface area contributed by atoms with Crippen LogP contribution in [-0.4, -0.2) is 57.5 Å². The molecule has 0 spiro atoms. The third kappa shape index (κ3) is 6.47. The van der Waals surface area contributed by atoms with E-state index >= 15 is 0 Å². The molecular formula is C27H27ClFN3O4S. The summed E-state index contributed by atoms with van der Waals surface area (Å²) >= 11 is 5.80. The summed E-state index contributed by atoms with van der Waals surface area (Å²) in [5, 5.41) is 8.80. The molecule has 7 nitrogen and oxygen atoms in total. The highest BCUT2D eigenvalue weighted by atomic mass is 35.5. The van der Waals surface area contributed by atoms with Gasteiger partial charge in [-0.2, -0.15) is 9.57 Å². The van der Waals surface area contributed by atoms with Gasteiger partial charge in [0.25, 0.3) is 0 Å². The van der Waals surface area contributed by atoms with E-state index < -0.39 is 20.7 Å². The lowest BCUT2D eigenvalue weighted by Crippen LogP contribution is -2.49. The molecule has 1 atom stereocenters. The summed E-state index contributed by atoms with van der Waals surface area (Å²) in [7, 11) is -2.40. The minimum atomic E-state index is -4.00. The number of ether oxygens (including phenoxy) is 2.